The van der Waals surface area contributed by atoms with Crippen LogP contribution in [0.25, 0.3) is 0 Å². The van der Waals surface area contributed by atoms with E-state index in [1.807, 2.05) is 0 Å². The van der Waals surface area contributed by atoms with E-state index in [0.717, 1.165) is 30.6 Å². The molecule has 4 rings (SSSR count). The van der Waals surface area contributed by atoms with Gasteiger partial charge in [0.15, 0.2) is 5.06 Å². The predicted octanol–water partition coefficient (Wildman–Crippen LogP) is 3.66. The van der Waals surface area contributed by atoms with Gasteiger partial charge in [-0.15, -0.1) is 0 Å². The van der Waals surface area contributed by atoms with Gasteiger partial charge in [0.05, 0.1) is 4.88 Å². The van der Waals surface area contributed by atoms with Crippen LogP contribution < -0.4 is 20.7 Å². The van der Waals surface area contributed by atoms with Crippen LogP contribution in [0.5, 0.6) is 10.8 Å². The fraction of sp³-hybridized carbons (Fsp3) is 0.368. The molecule has 3 unspecified atom stereocenters. The van der Waals surface area contributed by atoms with Crippen molar-refractivity contribution in [1.29, 1.82) is 0 Å². The second-order valence-electron chi connectivity index (χ2n) is 7.06. The summed E-state index contributed by atoms with van der Waals surface area (Å²) in [5, 5.41) is 8.70. The highest BCUT2D eigenvalue weighted by Crippen LogP contribution is 2.32. The topological polar surface area (TPSA) is 79.5 Å². The highest BCUT2D eigenvalue weighted by atomic mass is 32.1. The minimum absolute atomic E-state index is 0.0388. The molecule has 154 valence electrons. The van der Waals surface area contributed by atoms with Gasteiger partial charge in [0.1, 0.15) is 5.75 Å². The highest BCUT2D eigenvalue weighted by Gasteiger charge is 2.40. The van der Waals surface area contributed by atoms with Crippen molar-refractivity contribution in [2.45, 2.75) is 43.6 Å². The highest BCUT2D eigenvalue weighted by molar-refractivity contribution is 7.15. The molecule has 1 aromatic carbocycles. The summed E-state index contributed by atoms with van der Waals surface area (Å²) in [6, 6.07) is 9.82. The lowest BCUT2D eigenvalue weighted by Gasteiger charge is -2.20. The van der Waals surface area contributed by atoms with Crippen LogP contribution in [-0.2, 0) is 4.79 Å². The summed E-state index contributed by atoms with van der Waals surface area (Å²) in [4.78, 5) is 24.0. The first-order valence-electron chi connectivity index (χ1n) is 9.11. The number of thiophene rings is 1. The predicted molar refractivity (Wildman–Crippen MR) is 101 cm³/mol. The van der Waals surface area contributed by atoms with Crippen LogP contribution in [0.4, 0.5) is 18.9 Å². The van der Waals surface area contributed by atoms with Crippen LogP contribution in [0.2, 0.25) is 0 Å². The molecule has 3 atom stereocenters. The van der Waals surface area contributed by atoms with E-state index in [-0.39, 0.29) is 23.4 Å². The van der Waals surface area contributed by atoms with Crippen LogP contribution in [0, 0.1) is 0 Å². The number of alkyl halides is 3. The molecule has 2 amide bonds. The molecule has 6 nitrogen and oxygen atoms in total. The largest absolute Gasteiger partial charge is 0.471 e. The van der Waals surface area contributed by atoms with E-state index in [0.29, 0.717) is 22.0 Å². The third kappa shape index (κ3) is 4.54. The third-order valence-corrected chi connectivity index (χ3v) is 5.95. The van der Waals surface area contributed by atoms with Crippen LogP contribution in [0.3, 0.4) is 0 Å². The van der Waals surface area contributed by atoms with Crippen molar-refractivity contribution in [3.63, 3.8) is 0 Å². The molecule has 0 aliphatic carbocycles. The second-order valence-corrected chi connectivity index (χ2v) is 8.11. The average molecular weight is 425 g/mol. The van der Waals surface area contributed by atoms with Crippen molar-refractivity contribution in [2.24, 2.45) is 0 Å². The third-order valence-electron chi connectivity index (χ3n) is 4.99. The lowest BCUT2D eigenvalue weighted by molar-refractivity contribution is -0.167. The number of ether oxygens (including phenoxy) is 1. The van der Waals surface area contributed by atoms with E-state index >= 15 is 0 Å². The summed E-state index contributed by atoms with van der Waals surface area (Å²) in [7, 11) is 0. The van der Waals surface area contributed by atoms with E-state index in [4.69, 9.17) is 4.74 Å². The Labute approximate surface area is 168 Å². The number of hydrogen-bond acceptors (Lipinski definition) is 5. The molecule has 2 saturated heterocycles. The van der Waals surface area contributed by atoms with Crippen molar-refractivity contribution in [3.05, 3.63) is 41.3 Å². The molecular formula is C19H18F3N3O3S. The van der Waals surface area contributed by atoms with E-state index in [2.05, 4.69) is 10.6 Å². The Bertz CT molecular complexity index is 931. The molecule has 1 aromatic heterocycles. The second kappa shape index (κ2) is 7.68. The van der Waals surface area contributed by atoms with Crippen molar-refractivity contribution >= 4 is 28.8 Å². The normalized spacial score (nSPS) is 23.1. The number of carbonyl (C=O) groups excluding carboxylic acids is 2. The summed E-state index contributed by atoms with van der Waals surface area (Å²) in [6.07, 6.45) is -1.82. The Morgan fingerprint density at radius 3 is 2.69 bits per heavy atom. The van der Waals surface area contributed by atoms with Gasteiger partial charge in [0.2, 0.25) is 0 Å². The molecule has 0 saturated carbocycles. The molecule has 2 aliphatic rings. The minimum Gasteiger partial charge on any atom is -0.447 e. The molecule has 2 bridgehead atoms. The Hall–Kier alpha value is -2.59. The zero-order valence-corrected chi connectivity index (χ0v) is 15.9. The zero-order chi connectivity index (χ0) is 20.6. The van der Waals surface area contributed by atoms with E-state index in [9.17, 15) is 22.8 Å². The maximum Gasteiger partial charge on any atom is 0.471 e. The number of benzene rings is 1. The summed E-state index contributed by atoms with van der Waals surface area (Å²) < 4.78 is 42.7. The average Bonchev–Trinajstić information content (AvgIpc) is 3.38. The smallest absolute Gasteiger partial charge is 0.447 e. The van der Waals surface area contributed by atoms with Crippen LogP contribution in [0.1, 0.15) is 28.9 Å². The molecule has 2 fully saturated rings. The Balaban J connectivity index is 1.37. The molecule has 0 radical (unpaired) electrons. The number of amides is 2. The number of halogens is 3. The van der Waals surface area contributed by atoms with Gasteiger partial charge in [-0.05, 0) is 43.5 Å². The Kier molecular flexibility index (Phi) is 5.22. The first kappa shape index (κ1) is 19.7. The number of fused-ring (bicyclic) bond motifs is 2. The standard InChI is InChI=1S/C19H18F3N3O3S/c20-19(21,22)18(27)24-10-2-1-3-12(8-10)28-16-7-6-15(29-16)17(26)25-14-9-11-4-5-13(14)23-11/h1-3,6-8,11,13-14,23H,4-5,9H2,(H,24,27)(H,25,26). The minimum atomic E-state index is -4.97. The fourth-order valence-corrected chi connectivity index (χ4v) is 4.45. The van der Waals surface area contributed by atoms with Crippen molar-refractivity contribution < 1.29 is 27.5 Å². The Morgan fingerprint density at radius 2 is 2.00 bits per heavy atom. The van der Waals surface area contributed by atoms with E-state index < -0.39 is 12.1 Å². The van der Waals surface area contributed by atoms with Gasteiger partial charge in [0.25, 0.3) is 5.91 Å². The molecule has 3 N–H and O–H groups in total. The number of nitrogens with one attached hydrogen (secondary N) is 3. The summed E-state index contributed by atoms with van der Waals surface area (Å²) in [5.74, 6) is -1.98. The molecular weight excluding hydrogens is 407 g/mol. The van der Waals surface area contributed by atoms with Crippen LogP contribution in [-0.4, -0.2) is 36.1 Å². The maximum atomic E-state index is 12.5. The number of anilines is 1. The maximum absolute atomic E-state index is 12.5. The van der Waals surface area contributed by atoms with E-state index in [1.54, 1.807) is 23.5 Å². The lowest BCUT2D eigenvalue weighted by atomic mass is 9.95. The van der Waals surface area contributed by atoms with Gasteiger partial charge >= 0.3 is 12.1 Å². The van der Waals surface area contributed by atoms with Gasteiger partial charge in [0, 0.05) is 29.9 Å². The van der Waals surface area contributed by atoms with Gasteiger partial charge < -0.3 is 20.7 Å². The van der Waals surface area contributed by atoms with Crippen molar-refractivity contribution in [2.75, 3.05) is 5.32 Å². The monoisotopic (exact) mass is 425 g/mol. The number of carbonyl (C=O) groups is 2. The lowest BCUT2D eigenvalue weighted by Crippen LogP contribution is -2.42. The van der Waals surface area contributed by atoms with Crippen molar-refractivity contribution in [1.82, 2.24) is 10.6 Å². The molecule has 29 heavy (non-hydrogen) atoms. The number of hydrogen-bond donors (Lipinski definition) is 3. The molecule has 10 heteroatoms. The zero-order valence-electron chi connectivity index (χ0n) is 15.1. The first-order chi connectivity index (χ1) is 13.8. The molecule has 3 heterocycles. The van der Waals surface area contributed by atoms with Crippen molar-refractivity contribution in [3.8, 4) is 10.8 Å². The fourth-order valence-electron chi connectivity index (χ4n) is 3.68. The summed E-state index contributed by atoms with van der Waals surface area (Å²) in [5.41, 5.74) is -0.0388. The van der Waals surface area contributed by atoms with Gasteiger partial charge in [-0.1, -0.05) is 17.4 Å². The molecule has 0 spiro atoms. The van der Waals surface area contributed by atoms with E-state index in [1.165, 1.54) is 18.2 Å². The SMILES string of the molecule is O=C(NC1CC2CCC1N2)c1ccc(Oc2cccc(NC(=O)C(F)(F)F)c2)s1. The molecule has 2 aliphatic heterocycles. The quantitative estimate of drug-likeness (QED) is 0.683. The van der Waals surface area contributed by atoms with Crippen LogP contribution >= 0.6 is 11.3 Å². The van der Waals surface area contributed by atoms with Crippen LogP contribution in [0.15, 0.2) is 36.4 Å². The molecule has 2 aromatic rings. The van der Waals surface area contributed by atoms with Gasteiger partial charge in [-0.2, -0.15) is 13.2 Å². The summed E-state index contributed by atoms with van der Waals surface area (Å²) in [6.45, 7) is 0. The van der Waals surface area contributed by atoms with Gasteiger partial charge in [-0.25, -0.2) is 0 Å². The Morgan fingerprint density at radius 1 is 1.17 bits per heavy atom. The van der Waals surface area contributed by atoms with Gasteiger partial charge in [-0.3, -0.25) is 9.59 Å². The number of rotatable bonds is 5. The summed E-state index contributed by atoms with van der Waals surface area (Å²) >= 11 is 1.14. The first-order valence-corrected chi connectivity index (χ1v) is 9.92.